The van der Waals surface area contributed by atoms with Gasteiger partial charge in [-0.05, 0) is 26.3 Å². The van der Waals surface area contributed by atoms with E-state index in [0.29, 0.717) is 12.2 Å². The van der Waals surface area contributed by atoms with Gasteiger partial charge in [-0.3, -0.25) is 4.90 Å². The van der Waals surface area contributed by atoms with Crippen molar-refractivity contribution >= 4 is 0 Å². The fourth-order valence-corrected chi connectivity index (χ4v) is 2.41. The number of hydrogen-bond donors (Lipinski definition) is 1. The molecule has 0 aliphatic carbocycles. The Bertz CT molecular complexity index is 246. The van der Waals surface area contributed by atoms with Gasteiger partial charge in [-0.1, -0.05) is 5.57 Å². The normalized spacial score (nSPS) is 32.6. The first-order valence-corrected chi connectivity index (χ1v) is 5.91. The second-order valence-electron chi connectivity index (χ2n) is 4.94. The smallest absolute Gasteiger partial charge is 0.0678 e. The van der Waals surface area contributed by atoms with Gasteiger partial charge in [0.25, 0.3) is 0 Å². The number of rotatable bonds is 2. The third-order valence-electron chi connectivity index (χ3n) is 3.24. The van der Waals surface area contributed by atoms with E-state index in [1.807, 2.05) is 0 Å². The number of hydrogen-bond acceptors (Lipinski definition) is 3. The minimum Gasteiger partial charge on any atom is -0.373 e. The first-order valence-electron chi connectivity index (χ1n) is 5.91. The van der Waals surface area contributed by atoms with Crippen LogP contribution < -0.4 is 5.32 Å². The lowest BCUT2D eigenvalue weighted by molar-refractivity contribution is -0.0653. The molecule has 2 aliphatic rings. The molecule has 2 atom stereocenters. The minimum atomic E-state index is 0.381. The van der Waals surface area contributed by atoms with Gasteiger partial charge in [-0.2, -0.15) is 0 Å². The molecule has 0 bridgehead atoms. The van der Waals surface area contributed by atoms with Crippen molar-refractivity contribution in [2.45, 2.75) is 33.0 Å². The van der Waals surface area contributed by atoms with Crippen molar-refractivity contribution in [2.75, 3.05) is 32.7 Å². The van der Waals surface area contributed by atoms with Crippen molar-refractivity contribution in [1.82, 2.24) is 10.2 Å². The largest absolute Gasteiger partial charge is 0.373 e. The zero-order chi connectivity index (χ0) is 10.8. The summed E-state index contributed by atoms with van der Waals surface area (Å²) in [6.07, 6.45) is 0.761. The van der Waals surface area contributed by atoms with E-state index in [1.165, 1.54) is 0 Å². The van der Waals surface area contributed by atoms with Crippen molar-refractivity contribution in [1.29, 1.82) is 0 Å². The van der Waals surface area contributed by atoms with Gasteiger partial charge in [-0.15, -0.1) is 0 Å². The Morgan fingerprint density at radius 2 is 1.93 bits per heavy atom. The van der Waals surface area contributed by atoms with Gasteiger partial charge in [0.05, 0.1) is 12.2 Å². The number of ether oxygens (including phenoxy) is 1. The number of morpholine rings is 1. The Morgan fingerprint density at radius 1 is 1.33 bits per heavy atom. The van der Waals surface area contributed by atoms with E-state index in [9.17, 15) is 0 Å². The van der Waals surface area contributed by atoms with Gasteiger partial charge in [0, 0.05) is 32.7 Å². The standard InChI is InChI=1S/C12H22N2O/c1-9(12-4-13-5-12)6-14-7-10(2)15-11(3)8-14/h10-11,13H,4-8H2,1-3H3. The molecule has 0 saturated carbocycles. The topological polar surface area (TPSA) is 24.5 Å². The molecule has 2 rings (SSSR count). The molecule has 15 heavy (non-hydrogen) atoms. The Balaban J connectivity index is 1.88. The van der Waals surface area contributed by atoms with Crippen LogP contribution in [0.2, 0.25) is 0 Å². The summed E-state index contributed by atoms with van der Waals surface area (Å²) in [6.45, 7) is 12.1. The maximum Gasteiger partial charge on any atom is 0.0678 e. The lowest BCUT2D eigenvalue weighted by atomic mass is 10.0. The summed E-state index contributed by atoms with van der Waals surface area (Å²) in [5.74, 6) is 0. The van der Waals surface area contributed by atoms with E-state index >= 15 is 0 Å². The summed E-state index contributed by atoms with van der Waals surface area (Å²) in [5.41, 5.74) is 3.15. The fraction of sp³-hybridized carbons (Fsp3) is 0.833. The Morgan fingerprint density at radius 3 is 2.40 bits per heavy atom. The lowest BCUT2D eigenvalue weighted by Gasteiger charge is -2.36. The predicted molar refractivity (Wildman–Crippen MR) is 62.0 cm³/mol. The van der Waals surface area contributed by atoms with E-state index in [0.717, 1.165) is 32.7 Å². The summed E-state index contributed by atoms with van der Waals surface area (Å²) in [7, 11) is 0. The predicted octanol–water partition coefficient (Wildman–Crippen LogP) is 1.02. The summed E-state index contributed by atoms with van der Waals surface area (Å²) >= 11 is 0. The zero-order valence-electron chi connectivity index (χ0n) is 10.0. The molecule has 2 aliphatic heterocycles. The highest BCUT2D eigenvalue weighted by atomic mass is 16.5. The average molecular weight is 210 g/mol. The van der Waals surface area contributed by atoms with Crippen molar-refractivity contribution in [3.8, 4) is 0 Å². The highest BCUT2D eigenvalue weighted by Gasteiger charge is 2.23. The van der Waals surface area contributed by atoms with E-state index in [4.69, 9.17) is 4.74 Å². The van der Waals surface area contributed by atoms with Crippen LogP contribution in [-0.2, 0) is 4.74 Å². The third-order valence-corrected chi connectivity index (χ3v) is 3.24. The quantitative estimate of drug-likeness (QED) is 0.689. The molecule has 0 spiro atoms. The van der Waals surface area contributed by atoms with E-state index in [1.54, 1.807) is 11.1 Å². The van der Waals surface area contributed by atoms with Gasteiger partial charge >= 0.3 is 0 Å². The third kappa shape index (κ3) is 2.80. The fourth-order valence-electron chi connectivity index (χ4n) is 2.41. The molecule has 0 aromatic rings. The van der Waals surface area contributed by atoms with Crippen molar-refractivity contribution in [2.24, 2.45) is 0 Å². The maximum atomic E-state index is 5.73. The van der Waals surface area contributed by atoms with Crippen LogP contribution in [0.15, 0.2) is 11.1 Å². The van der Waals surface area contributed by atoms with Crippen LogP contribution in [-0.4, -0.2) is 49.8 Å². The maximum absolute atomic E-state index is 5.73. The van der Waals surface area contributed by atoms with Crippen LogP contribution in [0.3, 0.4) is 0 Å². The van der Waals surface area contributed by atoms with Crippen molar-refractivity contribution < 1.29 is 4.74 Å². The number of nitrogens with one attached hydrogen (secondary N) is 1. The Kier molecular flexibility index (Phi) is 3.44. The number of nitrogens with zero attached hydrogens (tertiary/aromatic N) is 1. The van der Waals surface area contributed by atoms with Crippen LogP contribution in [0.1, 0.15) is 20.8 Å². The van der Waals surface area contributed by atoms with Crippen LogP contribution in [0.4, 0.5) is 0 Å². The summed E-state index contributed by atoms with van der Waals surface area (Å²) < 4.78 is 5.73. The highest BCUT2D eigenvalue weighted by molar-refractivity contribution is 5.22. The minimum absolute atomic E-state index is 0.381. The lowest BCUT2D eigenvalue weighted by Crippen LogP contribution is -2.46. The summed E-state index contributed by atoms with van der Waals surface area (Å²) in [6, 6.07) is 0. The monoisotopic (exact) mass is 210 g/mol. The molecule has 2 fully saturated rings. The molecule has 0 aromatic heterocycles. The van der Waals surface area contributed by atoms with Crippen LogP contribution in [0, 0.1) is 0 Å². The highest BCUT2D eigenvalue weighted by Crippen LogP contribution is 2.15. The molecule has 0 aromatic carbocycles. The van der Waals surface area contributed by atoms with Gasteiger partial charge < -0.3 is 10.1 Å². The van der Waals surface area contributed by atoms with Crippen LogP contribution >= 0.6 is 0 Å². The molecule has 86 valence electrons. The first kappa shape index (κ1) is 11.1. The Hall–Kier alpha value is -0.380. The second kappa shape index (κ2) is 4.64. The molecule has 0 amide bonds. The molecular weight excluding hydrogens is 188 g/mol. The van der Waals surface area contributed by atoms with Gasteiger partial charge in [0.1, 0.15) is 0 Å². The zero-order valence-corrected chi connectivity index (χ0v) is 10.0. The summed E-state index contributed by atoms with van der Waals surface area (Å²) in [4.78, 5) is 2.51. The first-order chi connectivity index (χ1) is 7.15. The molecule has 3 heteroatoms. The molecule has 1 N–H and O–H groups in total. The molecule has 0 radical (unpaired) electrons. The van der Waals surface area contributed by atoms with E-state index < -0.39 is 0 Å². The van der Waals surface area contributed by atoms with Crippen LogP contribution in [0.5, 0.6) is 0 Å². The molecular formula is C12H22N2O. The van der Waals surface area contributed by atoms with Crippen LogP contribution in [0.25, 0.3) is 0 Å². The Labute approximate surface area is 92.5 Å². The van der Waals surface area contributed by atoms with Gasteiger partial charge in [0.2, 0.25) is 0 Å². The average Bonchev–Trinajstić information content (AvgIpc) is 1.96. The van der Waals surface area contributed by atoms with Crippen molar-refractivity contribution in [3.63, 3.8) is 0 Å². The molecule has 2 heterocycles. The van der Waals surface area contributed by atoms with E-state index in [-0.39, 0.29) is 0 Å². The van der Waals surface area contributed by atoms with Gasteiger partial charge in [-0.25, -0.2) is 0 Å². The van der Waals surface area contributed by atoms with Gasteiger partial charge in [0.15, 0.2) is 0 Å². The molecule has 2 unspecified atom stereocenters. The SMILES string of the molecule is CC(CN1CC(C)OC(C)C1)=C1CNC1. The van der Waals surface area contributed by atoms with E-state index in [2.05, 4.69) is 31.0 Å². The van der Waals surface area contributed by atoms with Crippen molar-refractivity contribution in [3.05, 3.63) is 11.1 Å². The molecule has 2 saturated heterocycles. The molecule has 3 nitrogen and oxygen atoms in total. The second-order valence-corrected chi connectivity index (χ2v) is 4.94. The summed E-state index contributed by atoms with van der Waals surface area (Å²) in [5, 5.41) is 3.30.